The van der Waals surface area contributed by atoms with Crippen LogP contribution in [0.2, 0.25) is 0 Å². The molecule has 6 heteroatoms. The highest BCUT2D eigenvalue weighted by atomic mass is 79.9. The molecule has 1 N–H and O–H groups in total. The van der Waals surface area contributed by atoms with Crippen LogP contribution in [0.15, 0.2) is 15.5 Å². The minimum Gasteiger partial charge on any atom is -0.383 e. The third-order valence-corrected chi connectivity index (χ3v) is 3.86. The first-order chi connectivity index (χ1) is 8.72. The van der Waals surface area contributed by atoms with Gasteiger partial charge in [0.25, 0.3) is 5.56 Å². The molecule has 1 aromatic rings. The molecular formula is C12H18BrN3O2. The number of aromatic nitrogens is 2. The Labute approximate surface area is 115 Å². The first kappa shape index (κ1) is 13.5. The highest BCUT2D eigenvalue weighted by Crippen LogP contribution is 2.27. The number of ether oxygens (including phenoxy) is 1. The van der Waals surface area contributed by atoms with Crippen LogP contribution in [0, 0.1) is 5.92 Å². The van der Waals surface area contributed by atoms with E-state index in [4.69, 9.17) is 4.74 Å². The van der Waals surface area contributed by atoms with Gasteiger partial charge >= 0.3 is 0 Å². The number of hydrogen-bond donors (Lipinski definition) is 1. The quantitative estimate of drug-likeness (QED) is 0.814. The van der Waals surface area contributed by atoms with Gasteiger partial charge in [-0.25, -0.2) is 4.68 Å². The standard InChI is InChI=1S/C12H18BrN3O2/c1-18-6-5-14-11-10(13)7-15-16(12(11)17)8-9-3-2-4-9/h7,9,14H,2-6,8H2,1H3. The molecular weight excluding hydrogens is 298 g/mol. The number of methoxy groups -OCH3 is 1. The fourth-order valence-corrected chi connectivity index (χ4v) is 2.36. The summed E-state index contributed by atoms with van der Waals surface area (Å²) in [5.41, 5.74) is 0.508. The van der Waals surface area contributed by atoms with Crippen LogP contribution in [0.1, 0.15) is 19.3 Å². The minimum atomic E-state index is -0.0626. The van der Waals surface area contributed by atoms with Crippen LogP contribution in [0.4, 0.5) is 5.69 Å². The molecule has 0 unspecified atom stereocenters. The van der Waals surface area contributed by atoms with Crippen molar-refractivity contribution in [2.24, 2.45) is 5.92 Å². The van der Waals surface area contributed by atoms with Gasteiger partial charge in [0.2, 0.25) is 0 Å². The molecule has 1 heterocycles. The smallest absolute Gasteiger partial charge is 0.291 e. The molecule has 1 aliphatic carbocycles. The van der Waals surface area contributed by atoms with Crippen LogP contribution in [0.25, 0.3) is 0 Å². The Bertz CT molecular complexity index is 457. The summed E-state index contributed by atoms with van der Waals surface area (Å²) >= 11 is 3.35. The third kappa shape index (κ3) is 3.11. The molecule has 0 aliphatic heterocycles. The lowest BCUT2D eigenvalue weighted by molar-refractivity contribution is 0.210. The van der Waals surface area contributed by atoms with Gasteiger partial charge < -0.3 is 10.1 Å². The lowest BCUT2D eigenvalue weighted by Gasteiger charge is -2.25. The minimum absolute atomic E-state index is 0.0626. The number of nitrogens with zero attached hydrogens (tertiary/aromatic N) is 2. The van der Waals surface area contributed by atoms with Gasteiger partial charge in [-0.15, -0.1) is 0 Å². The summed E-state index contributed by atoms with van der Waals surface area (Å²) in [6.45, 7) is 1.90. The van der Waals surface area contributed by atoms with E-state index in [2.05, 4.69) is 26.3 Å². The number of rotatable bonds is 6. The van der Waals surface area contributed by atoms with Crippen molar-refractivity contribution in [1.29, 1.82) is 0 Å². The van der Waals surface area contributed by atoms with E-state index in [0.29, 0.717) is 29.2 Å². The van der Waals surface area contributed by atoms with Crippen LogP contribution < -0.4 is 10.9 Å². The zero-order valence-corrected chi connectivity index (χ0v) is 12.1. The van der Waals surface area contributed by atoms with Crippen molar-refractivity contribution in [3.63, 3.8) is 0 Å². The van der Waals surface area contributed by atoms with Crippen LogP contribution in [0.5, 0.6) is 0 Å². The Kier molecular flexibility index (Phi) is 4.77. The summed E-state index contributed by atoms with van der Waals surface area (Å²) in [4.78, 5) is 12.2. The Morgan fingerprint density at radius 3 is 3.00 bits per heavy atom. The van der Waals surface area contributed by atoms with Gasteiger partial charge in [-0.05, 0) is 34.7 Å². The summed E-state index contributed by atoms with van der Waals surface area (Å²) in [5, 5.41) is 7.26. The second-order valence-electron chi connectivity index (χ2n) is 4.57. The molecule has 2 rings (SSSR count). The monoisotopic (exact) mass is 315 g/mol. The van der Waals surface area contributed by atoms with Gasteiger partial charge in [0.05, 0.1) is 17.3 Å². The molecule has 18 heavy (non-hydrogen) atoms. The van der Waals surface area contributed by atoms with Crippen LogP contribution in [-0.2, 0) is 11.3 Å². The molecule has 0 radical (unpaired) electrons. The number of anilines is 1. The highest BCUT2D eigenvalue weighted by molar-refractivity contribution is 9.10. The number of nitrogens with one attached hydrogen (secondary N) is 1. The molecule has 0 spiro atoms. The molecule has 5 nitrogen and oxygen atoms in total. The Morgan fingerprint density at radius 1 is 1.61 bits per heavy atom. The van der Waals surface area contributed by atoms with E-state index in [1.807, 2.05) is 0 Å². The zero-order chi connectivity index (χ0) is 13.0. The van der Waals surface area contributed by atoms with Crippen molar-refractivity contribution in [2.45, 2.75) is 25.8 Å². The topological polar surface area (TPSA) is 56.1 Å². The maximum Gasteiger partial charge on any atom is 0.291 e. The second kappa shape index (κ2) is 6.33. The van der Waals surface area contributed by atoms with Crippen LogP contribution in [0.3, 0.4) is 0 Å². The molecule has 0 atom stereocenters. The lowest BCUT2D eigenvalue weighted by atomic mass is 9.85. The van der Waals surface area contributed by atoms with Crippen molar-refractivity contribution in [1.82, 2.24) is 9.78 Å². The average molecular weight is 316 g/mol. The number of hydrogen-bond acceptors (Lipinski definition) is 4. The van der Waals surface area contributed by atoms with E-state index in [0.717, 1.165) is 6.54 Å². The molecule has 0 bridgehead atoms. The van der Waals surface area contributed by atoms with E-state index in [9.17, 15) is 4.79 Å². The molecule has 1 aromatic heterocycles. The van der Waals surface area contributed by atoms with Gasteiger partial charge in [0, 0.05) is 20.2 Å². The van der Waals surface area contributed by atoms with Gasteiger partial charge in [-0.1, -0.05) is 6.42 Å². The zero-order valence-electron chi connectivity index (χ0n) is 10.5. The van der Waals surface area contributed by atoms with Gasteiger partial charge in [-0.2, -0.15) is 5.10 Å². The first-order valence-electron chi connectivity index (χ1n) is 6.21. The van der Waals surface area contributed by atoms with Crippen molar-refractivity contribution >= 4 is 21.6 Å². The SMILES string of the molecule is COCCNc1c(Br)cnn(CC2CCC2)c1=O. The Morgan fingerprint density at radius 2 is 2.39 bits per heavy atom. The Hall–Kier alpha value is -0.880. The van der Waals surface area contributed by atoms with Crippen molar-refractivity contribution in [2.75, 3.05) is 25.6 Å². The van der Waals surface area contributed by atoms with Gasteiger partial charge in [-0.3, -0.25) is 4.79 Å². The first-order valence-corrected chi connectivity index (χ1v) is 7.00. The highest BCUT2D eigenvalue weighted by Gasteiger charge is 2.20. The van der Waals surface area contributed by atoms with E-state index in [1.54, 1.807) is 18.0 Å². The normalized spacial score (nSPS) is 15.4. The Balaban J connectivity index is 2.11. The predicted octanol–water partition coefficient (Wildman–Crippen LogP) is 1.86. The molecule has 1 fully saturated rings. The summed E-state index contributed by atoms with van der Waals surface area (Å²) < 4.78 is 7.22. The van der Waals surface area contributed by atoms with E-state index in [1.165, 1.54) is 19.3 Å². The van der Waals surface area contributed by atoms with E-state index in [-0.39, 0.29) is 5.56 Å². The fourth-order valence-electron chi connectivity index (χ4n) is 1.96. The van der Waals surface area contributed by atoms with E-state index >= 15 is 0 Å². The summed E-state index contributed by atoms with van der Waals surface area (Å²) in [6, 6.07) is 0. The molecule has 100 valence electrons. The maximum absolute atomic E-state index is 12.2. The number of halogens is 1. The lowest BCUT2D eigenvalue weighted by Crippen LogP contribution is -2.31. The summed E-state index contributed by atoms with van der Waals surface area (Å²) in [5.74, 6) is 0.614. The summed E-state index contributed by atoms with van der Waals surface area (Å²) in [6.07, 6.45) is 5.36. The van der Waals surface area contributed by atoms with Crippen molar-refractivity contribution in [3.8, 4) is 0 Å². The third-order valence-electron chi connectivity index (χ3n) is 3.26. The van der Waals surface area contributed by atoms with Crippen molar-refractivity contribution < 1.29 is 4.74 Å². The second-order valence-corrected chi connectivity index (χ2v) is 5.43. The molecule has 0 saturated heterocycles. The maximum atomic E-state index is 12.2. The van der Waals surface area contributed by atoms with E-state index < -0.39 is 0 Å². The molecule has 1 saturated carbocycles. The average Bonchev–Trinajstić information content (AvgIpc) is 2.30. The van der Waals surface area contributed by atoms with Crippen LogP contribution >= 0.6 is 15.9 Å². The van der Waals surface area contributed by atoms with Gasteiger partial charge in [0.15, 0.2) is 0 Å². The predicted molar refractivity (Wildman–Crippen MR) is 73.9 cm³/mol. The summed E-state index contributed by atoms with van der Waals surface area (Å²) in [7, 11) is 1.64. The molecule has 0 amide bonds. The molecule has 1 aliphatic rings. The van der Waals surface area contributed by atoms with Gasteiger partial charge in [0.1, 0.15) is 5.69 Å². The fraction of sp³-hybridized carbons (Fsp3) is 0.667. The largest absolute Gasteiger partial charge is 0.383 e. The van der Waals surface area contributed by atoms with Crippen molar-refractivity contribution in [3.05, 3.63) is 21.0 Å². The molecule has 0 aromatic carbocycles. The van der Waals surface area contributed by atoms with Crippen LogP contribution in [-0.4, -0.2) is 30.0 Å².